The van der Waals surface area contributed by atoms with Gasteiger partial charge in [0.05, 0.1) is 0 Å². The molecule has 0 fully saturated rings. The number of nitrogens with zero attached hydrogens (tertiary/aromatic N) is 1. The monoisotopic (exact) mass is 436 g/mol. The maximum Gasteiger partial charge on any atom is 0.295 e. The van der Waals surface area contributed by atoms with Crippen LogP contribution < -0.4 is 10.6 Å². The normalized spacial score (nSPS) is 16.1. The van der Waals surface area contributed by atoms with Crippen LogP contribution in [0.25, 0.3) is 0 Å². The van der Waals surface area contributed by atoms with Crippen molar-refractivity contribution in [1.29, 1.82) is 0 Å². The van der Waals surface area contributed by atoms with E-state index in [0.29, 0.717) is 11.3 Å². The maximum absolute atomic E-state index is 12.6. The maximum atomic E-state index is 12.6. The number of aliphatic hydroxyl groups is 1. The van der Waals surface area contributed by atoms with E-state index in [2.05, 4.69) is 0 Å². The number of nitrogen functional groups attached to an aromatic ring is 1. The van der Waals surface area contributed by atoms with Gasteiger partial charge >= 0.3 is 0 Å². The second kappa shape index (κ2) is 9.06. The molecule has 1 aliphatic rings. The lowest BCUT2D eigenvalue weighted by atomic mass is 10.0. The molecule has 0 bridgehead atoms. The number of carbonyl (C=O) groups is 1. The van der Waals surface area contributed by atoms with E-state index in [9.17, 15) is 18.3 Å². The zero-order chi connectivity index (χ0) is 22.6. The number of carbonyl (C=O) groups excluding carboxylic acids is 1. The number of amides is 1. The van der Waals surface area contributed by atoms with Crippen LogP contribution in [0.1, 0.15) is 17.2 Å². The van der Waals surface area contributed by atoms with Crippen LogP contribution in [0.4, 0.5) is 11.4 Å². The molecule has 1 heterocycles. The largest absolute Gasteiger partial charge is 0.502 e. The summed E-state index contributed by atoms with van der Waals surface area (Å²) in [4.78, 5) is 13.6. The summed E-state index contributed by atoms with van der Waals surface area (Å²) in [6, 6.07) is 24.6. The molecule has 3 aromatic rings. The number of aryl methyl sites for hydroxylation is 1. The average Bonchev–Trinajstić information content (AvgIpc) is 3.01. The molecule has 1 aliphatic heterocycles. The van der Waals surface area contributed by atoms with Crippen molar-refractivity contribution in [1.82, 2.24) is 0 Å². The number of benzene rings is 3. The third kappa shape index (κ3) is 4.95. The molecule has 7 heteroatoms. The molecule has 160 valence electrons. The Morgan fingerprint density at radius 1 is 0.871 bits per heavy atom. The molecule has 0 aromatic heterocycles. The van der Waals surface area contributed by atoms with E-state index in [1.54, 1.807) is 42.5 Å². The number of rotatable bonds is 3. The molecular weight excluding hydrogens is 412 g/mol. The molecule has 0 radical (unpaired) electrons. The van der Waals surface area contributed by atoms with E-state index in [-0.39, 0.29) is 4.91 Å². The fourth-order valence-corrected chi connectivity index (χ4v) is 4.40. The van der Waals surface area contributed by atoms with Crippen molar-refractivity contribution in [2.45, 2.75) is 13.0 Å². The van der Waals surface area contributed by atoms with E-state index in [4.69, 9.17) is 5.73 Å². The minimum atomic E-state index is -3.77. The number of para-hydroxylation sites is 2. The number of nitrogens with two attached hydrogens (primary N) is 1. The van der Waals surface area contributed by atoms with Gasteiger partial charge in [0.2, 0.25) is 0 Å². The number of sulfone groups is 1. The Kier molecular flexibility index (Phi) is 6.46. The molecule has 1 amide bonds. The van der Waals surface area contributed by atoms with Crippen molar-refractivity contribution in [2.24, 2.45) is 0 Å². The van der Waals surface area contributed by atoms with Crippen molar-refractivity contribution < 1.29 is 18.3 Å². The lowest BCUT2D eigenvalue weighted by molar-refractivity contribution is -0.117. The van der Waals surface area contributed by atoms with Crippen LogP contribution in [0.2, 0.25) is 0 Å². The summed E-state index contributed by atoms with van der Waals surface area (Å²) in [5.74, 6) is -1.43. The molecule has 3 N–H and O–H groups in total. The van der Waals surface area contributed by atoms with E-state index >= 15 is 0 Å². The lowest BCUT2D eigenvalue weighted by Gasteiger charge is -2.26. The van der Waals surface area contributed by atoms with Gasteiger partial charge in [0.25, 0.3) is 5.91 Å². The van der Waals surface area contributed by atoms with Crippen molar-refractivity contribution in [3.05, 3.63) is 107 Å². The smallest absolute Gasteiger partial charge is 0.295 e. The summed E-state index contributed by atoms with van der Waals surface area (Å²) in [5.41, 5.74) is 8.35. The highest BCUT2D eigenvalue weighted by Crippen LogP contribution is 2.42. The van der Waals surface area contributed by atoms with Crippen LogP contribution >= 0.6 is 0 Å². The van der Waals surface area contributed by atoms with E-state index < -0.39 is 27.5 Å². The van der Waals surface area contributed by atoms with Gasteiger partial charge in [-0.2, -0.15) is 0 Å². The Hall–Kier alpha value is -3.58. The Morgan fingerprint density at radius 3 is 1.84 bits per heavy atom. The average molecular weight is 437 g/mol. The quantitative estimate of drug-likeness (QED) is 0.600. The fourth-order valence-electron chi connectivity index (χ4n) is 3.32. The van der Waals surface area contributed by atoms with Gasteiger partial charge < -0.3 is 10.8 Å². The second-order valence-electron chi connectivity index (χ2n) is 7.22. The minimum absolute atomic E-state index is 0.264. The van der Waals surface area contributed by atoms with Gasteiger partial charge in [0.15, 0.2) is 15.6 Å². The highest BCUT2D eigenvalue weighted by Gasteiger charge is 2.45. The first-order chi connectivity index (χ1) is 14.7. The molecule has 31 heavy (non-hydrogen) atoms. The van der Waals surface area contributed by atoms with Crippen molar-refractivity contribution in [2.75, 3.05) is 16.9 Å². The van der Waals surface area contributed by atoms with Crippen LogP contribution in [0.5, 0.6) is 0 Å². The fraction of sp³-hybridized carbons (Fsp3) is 0.125. The summed E-state index contributed by atoms with van der Waals surface area (Å²) in [7, 11) is -3.77. The molecule has 0 spiro atoms. The standard InChI is InChI=1S/C18H17NO4S.C6H7N/c1-12-8-10-13(11-9-12)15-17(24(2,22)23)16(20)18(21)19(15)14-6-4-3-5-7-14;7-6-4-2-1-3-5-6/h3-11,15,20H,1-2H3;1-5H,7H2. The van der Waals surface area contributed by atoms with Crippen molar-refractivity contribution >= 4 is 27.1 Å². The Balaban J connectivity index is 0.000000330. The molecule has 4 rings (SSSR count). The van der Waals surface area contributed by atoms with Crippen molar-refractivity contribution in [3.8, 4) is 0 Å². The molecule has 3 aromatic carbocycles. The first kappa shape index (κ1) is 22.1. The summed E-state index contributed by atoms with van der Waals surface area (Å²) in [6.07, 6.45) is 1.00. The first-order valence-electron chi connectivity index (χ1n) is 9.59. The third-order valence-electron chi connectivity index (χ3n) is 4.79. The van der Waals surface area contributed by atoms with E-state index in [0.717, 1.165) is 17.5 Å². The van der Waals surface area contributed by atoms with Crippen LogP contribution in [0.15, 0.2) is 95.6 Å². The van der Waals surface area contributed by atoms with Crippen LogP contribution in [0.3, 0.4) is 0 Å². The number of hydrogen-bond acceptors (Lipinski definition) is 5. The summed E-state index contributed by atoms with van der Waals surface area (Å²) in [6.45, 7) is 1.92. The second-order valence-corrected chi connectivity index (χ2v) is 9.20. The molecular formula is C24H24N2O4S. The predicted octanol–water partition coefficient (Wildman–Crippen LogP) is 4.17. The molecule has 1 atom stereocenters. The summed E-state index contributed by atoms with van der Waals surface area (Å²) < 4.78 is 24.4. The van der Waals surface area contributed by atoms with Gasteiger partial charge in [-0.3, -0.25) is 9.69 Å². The molecule has 0 saturated carbocycles. The number of anilines is 2. The van der Waals surface area contributed by atoms with Gasteiger partial charge in [0, 0.05) is 17.6 Å². The zero-order valence-corrected chi connectivity index (χ0v) is 18.1. The minimum Gasteiger partial charge on any atom is -0.502 e. The molecule has 1 unspecified atom stereocenters. The number of hydrogen-bond donors (Lipinski definition) is 2. The Bertz CT molecular complexity index is 1190. The van der Waals surface area contributed by atoms with Gasteiger partial charge in [0.1, 0.15) is 10.9 Å². The van der Waals surface area contributed by atoms with Gasteiger partial charge in [-0.1, -0.05) is 66.2 Å². The molecule has 0 saturated heterocycles. The highest BCUT2D eigenvalue weighted by atomic mass is 32.2. The Labute approximate surface area is 182 Å². The SMILES string of the molecule is Cc1ccc(C2C(S(C)(=O)=O)=C(O)C(=O)N2c2ccccc2)cc1.Nc1ccccc1. The van der Waals surface area contributed by atoms with Crippen molar-refractivity contribution in [3.63, 3.8) is 0 Å². The summed E-state index contributed by atoms with van der Waals surface area (Å²) in [5, 5.41) is 10.2. The van der Waals surface area contributed by atoms with Crippen LogP contribution in [-0.4, -0.2) is 25.7 Å². The summed E-state index contributed by atoms with van der Waals surface area (Å²) >= 11 is 0. The first-order valence-corrected chi connectivity index (χ1v) is 11.5. The molecule has 6 nitrogen and oxygen atoms in total. The third-order valence-corrected chi connectivity index (χ3v) is 6.00. The van der Waals surface area contributed by atoms with Gasteiger partial charge in [-0.25, -0.2) is 8.42 Å². The molecule has 0 aliphatic carbocycles. The predicted molar refractivity (Wildman–Crippen MR) is 123 cm³/mol. The van der Waals surface area contributed by atoms with E-state index in [1.807, 2.05) is 49.4 Å². The van der Waals surface area contributed by atoms with E-state index in [1.165, 1.54) is 4.90 Å². The van der Waals surface area contributed by atoms with Crippen LogP contribution in [0, 0.1) is 6.92 Å². The van der Waals surface area contributed by atoms with Crippen LogP contribution in [-0.2, 0) is 14.6 Å². The highest BCUT2D eigenvalue weighted by molar-refractivity contribution is 7.94. The Morgan fingerprint density at radius 2 is 1.39 bits per heavy atom. The lowest BCUT2D eigenvalue weighted by Crippen LogP contribution is -2.30. The van der Waals surface area contributed by atoms with Gasteiger partial charge in [-0.15, -0.1) is 0 Å². The van der Waals surface area contributed by atoms with Gasteiger partial charge in [-0.05, 0) is 36.8 Å². The number of aliphatic hydroxyl groups excluding tert-OH is 1. The zero-order valence-electron chi connectivity index (χ0n) is 17.3. The topological polar surface area (TPSA) is 101 Å².